The first-order valence-electron chi connectivity index (χ1n) is 4.10. The summed E-state index contributed by atoms with van der Waals surface area (Å²) in [5, 5.41) is 9.46. The summed E-state index contributed by atoms with van der Waals surface area (Å²) in [7, 11) is 0. The molecule has 12 heavy (non-hydrogen) atoms. The Labute approximate surface area is 78.0 Å². The lowest BCUT2D eigenvalue weighted by Gasteiger charge is -2.07. The van der Waals surface area contributed by atoms with E-state index in [-0.39, 0.29) is 6.10 Å². The number of alkyl halides is 1. The molecule has 2 heteroatoms. The first kappa shape index (κ1) is 9.56. The molecule has 0 bridgehead atoms. The van der Waals surface area contributed by atoms with Gasteiger partial charge in [0.15, 0.2) is 0 Å². The molecular weight excluding hydrogens is 172 g/mol. The van der Waals surface area contributed by atoms with Gasteiger partial charge < -0.3 is 5.11 Å². The zero-order valence-corrected chi connectivity index (χ0v) is 7.88. The summed E-state index contributed by atoms with van der Waals surface area (Å²) in [4.78, 5) is 0. The highest BCUT2D eigenvalue weighted by molar-refractivity contribution is 6.17. The highest BCUT2D eigenvalue weighted by Gasteiger charge is 2.02. The maximum Gasteiger partial charge on any atom is 0.0787 e. The summed E-state index contributed by atoms with van der Waals surface area (Å²) in [6.07, 6.45) is 0.412. The normalized spacial score (nSPS) is 12.9. The van der Waals surface area contributed by atoms with Crippen LogP contribution in [-0.4, -0.2) is 5.11 Å². The van der Waals surface area contributed by atoms with E-state index in [2.05, 4.69) is 0 Å². The van der Waals surface area contributed by atoms with Crippen LogP contribution in [0, 0.1) is 0 Å². The average molecular weight is 185 g/mol. The molecule has 0 radical (unpaired) electrons. The molecule has 1 unspecified atom stereocenters. The van der Waals surface area contributed by atoms with Crippen molar-refractivity contribution in [2.75, 3.05) is 0 Å². The van der Waals surface area contributed by atoms with E-state index in [1.165, 1.54) is 0 Å². The summed E-state index contributed by atoms with van der Waals surface area (Å²) < 4.78 is 0. The van der Waals surface area contributed by atoms with Crippen LogP contribution in [0.1, 0.15) is 30.6 Å². The fraction of sp³-hybridized carbons (Fsp3) is 0.400. The van der Waals surface area contributed by atoms with E-state index in [1.54, 1.807) is 0 Å². The van der Waals surface area contributed by atoms with Gasteiger partial charge in [-0.2, -0.15) is 0 Å². The topological polar surface area (TPSA) is 20.2 Å². The van der Waals surface area contributed by atoms with E-state index in [4.69, 9.17) is 11.6 Å². The molecule has 66 valence electrons. The maximum absolute atomic E-state index is 9.46. The second-order valence-corrected chi connectivity index (χ2v) is 3.07. The van der Waals surface area contributed by atoms with Gasteiger partial charge >= 0.3 is 0 Å². The van der Waals surface area contributed by atoms with Crippen LogP contribution in [0.3, 0.4) is 0 Å². The van der Waals surface area contributed by atoms with E-state index in [0.29, 0.717) is 5.88 Å². The van der Waals surface area contributed by atoms with Crippen LogP contribution in [0.15, 0.2) is 24.3 Å². The van der Waals surface area contributed by atoms with Gasteiger partial charge in [-0.15, -0.1) is 11.6 Å². The summed E-state index contributed by atoms with van der Waals surface area (Å²) in [5.74, 6) is 0.530. The number of aliphatic hydroxyl groups is 1. The Balaban J connectivity index is 2.77. The molecule has 1 aromatic carbocycles. The first-order chi connectivity index (χ1) is 5.77. The number of rotatable bonds is 3. The molecule has 0 amide bonds. The number of benzene rings is 1. The number of hydrogen-bond donors (Lipinski definition) is 1. The van der Waals surface area contributed by atoms with E-state index in [9.17, 15) is 5.11 Å². The lowest BCUT2D eigenvalue weighted by atomic mass is 10.1. The molecule has 0 saturated heterocycles. The molecule has 0 aliphatic carbocycles. The highest BCUT2D eigenvalue weighted by atomic mass is 35.5. The molecule has 0 spiro atoms. The lowest BCUT2D eigenvalue weighted by molar-refractivity contribution is 0.173. The number of hydrogen-bond acceptors (Lipinski definition) is 1. The monoisotopic (exact) mass is 184 g/mol. The molecule has 1 N–H and O–H groups in total. The quantitative estimate of drug-likeness (QED) is 0.717. The van der Waals surface area contributed by atoms with Gasteiger partial charge in [-0.3, -0.25) is 0 Å². The van der Waals surface area contributed by atoms with Crippen LogP contribution >= 0.6 is 11.6 Å². The van der Waals surface area contributed by atoms with Crippen molar-refractivity contribution < 1.29 is 5.11 Å². The van der Waals surface area contributed by atoms with Crippen molar-refractivity contribution in [1.82, 2.24) is 0 Å². The molecule has 1 atom stereocenters. The van der Waals surface area contributed by atoms with Crippen molar-refractivity contribution in [2.45, 2.75) is 25.3 Å². The smallest absolute Gasteiger partial charge is 0.0787 e. The van der Waals surface area contributed by atoms with Crippen molar-refractivity contribution in [2.24, 2.45) is 0 Å². The third kappa shape index (κ3) is 2.23. The van der Waals surface area contributed by atoms with E-state index < -0.39 is 0 Å². The summed E-state index contributed by atoms with van der Waals surface area (Å²) in [6, 6.07) is 7.74. The first-order valence-corrected chi connectivity index (χ1v) is 4.64. The minimum atomic E-state index is -0.339. The number of aliphatic hydroxyl groups excluding tert-OH is 1. The van der Waals surface area contributed by atoms with E-state index >= 15 is 0 Å². The van der Waals surface area contributed by atoms with Crippen LogP contribution in [0.25, 0.3) is 0 Å². The largest absolute Gasteiger partial charge is 0.388 e. The van der Waals surface area contributed by atoms with E-state index in [0.717, 1.165) is 17.5 Å². The Morgan fingerprint density at radius 1 is 1.33 bits per heavy atom. The average Bonchev–Trinajstić information content (AvgIpc) is 2.17. The third-order valence-corrected chi connectivity index (χ3v) is 2.21. The highest BCUT2D eigenvalue weighted by Crippen LogP contribution is 2.16. The van der Waals surface area contributed by atoms with Gasteiger partial charge in [-0.25, -0.2) is 0 Å². The van der Waals surface area contributed by atoms with Crippen molar-refractivity contribution in [3.8, 4) is 0 Å². The molecule has 1 nitrogen and oxygen atoms in total. The lowest BCUT2D eigenvalue weighted by Crippen LogP contribution is -1.94. The standard InChI is InChI=1S/C10H13ClO/c1-2-10(12)9-5-3-8(7-11)4-6-9/h3-6,10,12H,2,7H2,1H3. The van der Waals surface area contributed by atoms with Gasteiger partial charge in [-0.1, -0.05) is 31.2 Å². The van der Waals surface area contributed by atoms with Gasteiger partial charge in [0.1, 0.15) is 0 Å². The summed E-state index contributed by atoms with van der Waals surface area (Å²) >= 11 is 5.63. The SMILES string of the molecule is CCC(O)c1ccc(CCl)cc1. The summed E-state index contributed by atoms with van der Waals surface area (Å²) in [6.45, 7) is 1.96. The van der Waals surface area contributed by atoms with Gasteiger partial charge in [0.2, 0.25) is 0 Å². The molecule has 0 saturated carbocycles. The minimum Gasteiger partial charge on any atom is -0.388 e. The van der Waals surface area contributed by atoms with Crippen LogP contribution in [-0.2, 0) is 5.88 Å². The predicted molar refractivity (Wildman–Crippen MR) is 51.2 cm³/mol. The second kappa shape index (κ2) is 4.48. The fourth-order valence-corrected chi connectivity index (χ4v) is 1.24. The molecule has 1 aromatic rings. The van der Waals surface area contributed by atoms with Crippen LogP contribution < -0.4 is 0 Å². The predicted octanol–water partition coefficient (Wildman–Crippen LogP) is 2.87. The molecule has 0 fully saturated rings. The van der Waals surface area contributed by atoms with Gasteiger partial charge in [0.25, 0.3) is 0 Å². The van der Waals surface area contributed by atoms with Crippen molar-refractivity contribution in [3.05, 3.63) is 35.4 Å². The van der Waals surface area contributed by atoms with Crippen molar-refractivity contribution in [3.63, 3.8) is 0 Å². The van der Waals surface area contributed by atoms with Crippen LogP contribution in [0.2, 0.25) is 0 Å². The molecular formula is C10H13ClO. The zero-order chi connectivity index (χ0) is 8.97. The third-order valence-electron chi connectivity index (χ3n) is 1.91. The van der Waals surface area contributed by atoms with Crippen LogP contribution in [0.4, 0.5) is 0 Å². The Hall–Kier alpha value is -0.530. The Bertz CT molecular complexity index is 230. The maximum atomic E-state index is 9.46. The zero-order valence-electron chi connectivity index (χ0n) is 7.13. The Morgan fingerprint density at radius 3 is 2.33 bits per heavy atom. The van der Waals surface area contributed by atoms with Crippen molar-refractivity contribution in [1.29, 1.82) is 0 Å². The minimum absolute atomic E-state index is 0.339. The fourth-order valence-electron chi connectivity index (χ4n) is 1.06. The summed E-state index contributed by atoms with van der Waals surface area (Å²) in [5.41, 5.74) is 2.05. The molecule has 1 rings (SSSR count). The van der Waals surface area contributed by atoms with Gasteiger partial charge in [0.05, 0.1) is 6.10 Å². The second-order valence-electron chi connectivity index (χ2n) is 2.80. The molecule has 0 heterocycles. The van der Waals surface area contributed by atoms with Gasteiger partial charge in [0, 0.05) is 5.88 Å². The van der Waals surface area contributed by atoms with Crippen molar-refractivity contribution >= 4 is 11.6 Å². The molecule has 0 aliphatic rings. The van der Waals surface area contributed by atoms with Crippen LogP contribution in [0.5, 0.6) is 0 Å². The van der Waals surface area contributed by atoms with E-state index in [1.807, 2.05) is 31.2 Å². The Kier molecular flexibility index (Phi) is 3.57. The molecule has 0 aromatic heterocycles. The Morgan fingerprint density at radius 2 is 1.92 bits per heavy atom. The number of halogens is 1. The van der Waals surface area contributed by atoms with Gasteiger partial charge in [-0.05, 0) is 17.5 Å². The molecule has 0 aliphatic heterocycles.